The van der Waals surface area contributed by atoms with Gasteiger partial charge >= 0.3 is 0 Å². The Morgan fingerprint density at radius 1 is 1.19 bits per heavy atom. The molecule has 1 saturated heterocycles. The smallest absolute Gasteiger partial charge is 0.211 e. The van der Waals surface area contributed by atoms with Crippen molar-refractivity contribution < 1.29 is 8.42 Å². The molecule has 3 atom stereocenters. The second-order valence-corrected chi connectivity index (χ2v) is 8.45. The first kappa shape index (κ1) is 16.7. The fraction of sp³-hybridized carbons (Fsp3) is 0.933. The van der Waals surface area contributed by atoms with Gasteiger partial charge < -0.3 is 0 Å². The van der Waals surface area contributed by atoms with Gasteiger partial charge in [0, 0.05) is 32.2 Å². The largest absolute Gasteiger partial charge is 0.296 e. The summed E-state index contributed by atoms with van der Waals surface area (Å²) >= 11 is 0. The highest BCUT2D eigenvalue weighted by Gasteiger charge is 2.36. The van der Waals surface area contributed by atoms with Crippen molar-refractivity contribution in [1.82, 2.24) is 9.21 Å². The van der Waals surface area contributed by atoms with Crippen LogP contribution in [0.15, 0.2) is 0 Å². The molecule has 120 valence electrons. The van der Waals surface area contributed by atoms with Crippen molar-refractivity contribution in [2.75, 3.05) is 32.4 Å². The summed E-state index contributed by atoms with van der Waals surface area (Å²) in [5.74, 6) is 0.848. The number of sulfonamides is 1. The van der Waals surface area contributed by atoms with Gasteiger partial charge in [0.05, 0.1) is 18.2 Å². The zero-order valence-electron chi connectivity index (χ0n) is 13.2. The Morgan fingerprint density at radius 2 is 1.86 bits per heavy atom. The third kappa shape index (κ3) is 4.18. The van der Waals surface area contributed by atoms with E-state index >= 15 is 0 Å². The Morgan fingerprint density at radius 3 is 2.38 bits per heavy atom. The van der Waals surface area contributed by atoms with Crippen molar-refractivity contribution in [3.8, 4) is 6.07 Å². The standard InChI is InChI=1S/C15H27N3O2S/c1-3-4-13-5-6-14(12-16)15(11-13)17-7-9-18(10-8-17)21(2,19)20/h13-15H,3-11H2,1-2H3. The van der Waals surface area contributed by atoms with Gasteiger partial charge in [0.15, 0.2) is 0 Å². The highest BCUT2D eigenvalue weighted by molar-refractivity contribution is 7.88. The summed E-state index contributed by atoms with van der Waals surface area (Å²) in [7, 11) is -3.08. The third-order valence-corrected chi connectivity index (χ3v) is 6.30. The van der Waals surface area contributed by atoms with E-state index < -0.39 is 10.0 Å². The van der Waals surface area contributed by atoms with Gasteiger partial charge in [-0.2, -0.15) is 9.57 Å². The van der Waals surface area contributed by atoms with Crippen molar-refractivity contribution in [3.05, 3.63) is 0 Å². The van der Waals surface area contributed by atoms with Gasteiger partial charge in [-0.15, -0.1) is 0 Å². The van der Waals surface area contributed by atoms with E-state index in [-0.39, 0.29) is 5.92 Å². The van der Waals surface area contributed by atoms with Crippen molar-refractivity contribution in [1.29, 1.82) is 5.26 Å². The molecule has 0 N–H and O–H groups in total. The van der Waals surface area contributed by atoms with E-state index in [2.05, 4.69) is 17.9 Å². The molecule has 0 aromatic rings. The predicted molar refractivity (Wildman–Crippen MR) is 83.1 cm³/mol. The van der Waals surface area contributed by atoms with Gasteiger partial charge in [0.25, 0.3) is 0 Å². The molecule has 5 nitrogen and oxygen atoms in total. The van der Waals surface area contributed by atoms with Crippen molar-refractivity contribution >= 4 is 10.0 Å². The molecule has 2 aliphatic rings. The zero-order chi connectivity index (χ0) is 15.5. The van der Waals surface area contributed by atoms with Crippen LogP contribution in [0, 0.1) is 23.2 Å². The maximum Gasteiger partial charge on any atom is 0.211 e. The number of rotatable bonds is 4. The van der Waals surface area contributed by atoms with Crippen LogP contribution in [-0.4, -0.2) is 56.1 Å². The first-order chi connectivity index (χ1) is 9.95. The summed E-state index contributed by atoms with van der Waals surface area (Å²) in [5.41, 5.74) is 0. The highest BCUT2D eigenvalue weighted by Crippen LogP contribution is 2.35. The van der Waals surface area contributed by atoms with Gasteiger partial charge in [-0.3, -0.25) is 4.90 Å². The summed E-state index contributed by atoms with van der Waals surface area (Å²) < 4.78 is 24.7. The molecule has 3 unspecified atom stereocenters. The Bertz CT molecular complexity index is 478. The molecule has 0 radical (unpaired) electrons. The van der Waals surface area contributed by atoms with E-state index in [1.807, 2.05) is 0 Å². The van der Waals surface area contributed by atoms with E-state index in [9.17, 15) is 13.7 Å². The average Bonchev–Trinajstić information content (AvgIpc) is 2.47. The molecule has 1 aliphatic carbocycles. The van der Waals surface area contributed by atoms with Gasteiger partial charge in [-0.1, -0.05) is 19.8 Å². The summed E-state index contributed by atoms with van der Waals surface area (Å²) in [6, 6.07) is 2.80. The van der Waals surface area contributed by atoms with Crippen LogP contribution in [0.1, 0.15) is 39.0 Å². The summed E-state index contributed by atoms with van der Waals surface area (Å²) in [6.07, 6.45) is 7.00. The molecule has 0 aromatic heterocycles. The number of nitriles is 1. The first-order valence-electron chi connectivity index (χ1n) is 8.04. The normalized spacial score (nSPS) is 32.7. The first-order valence-corrected chi connectivity index (χ1v) is 9.89. The molecule has 21 heavy (non-hydrogen) atoms. The van der Waals surface area contributed by atoms with Crippen LogP contribution < -0.4 is 0 Å². The lowest BCUT2D eigenvalue weighted by molar-refractivity contribution is 0.0693. The monoisotopic (exact) mass is 313 g/mol. The van der Waals surface area contributed by atoms with Gasteiger partial charge in [0.1, 0.15) is 0 Å². The molecule has 2 fully saturated rings. The molecule has 0 amide bonds. The molecule has 1 heterocycles. The van der Waals surface area contributed by atoms with Crippen LogP contribution in [-0.2, 0) is 10.0 Å². The SMILES string of the molecule is CCCC1CCC(C#N)C(N2CCN(S(C)(=O)=O)CC2)C1. The maximum absolute atomic E-state index is 11.6. The fourth-order valence-corrected chi connectivity index (χ4v) is 4.65. The molecule has 0 spiro atoms. The van der Waals surface area contributed by atoms with Crippen molar-refractivity contribution in [3.63, 3.8) is 0 Å². The van der Waals surface area contributed by atoms with Crippen LogP contribution in [0.4, 0.5) is 0 Å². The molecular formula is C15H27N3O2S. The van der Waals surface area contributed by atoms with Gasteiger partial charge in [-0.05, 0) is 25.2 Å². The second kappa shape index (κ2) is 7.08. The number of hydrogen-bond donors (Lipinski definition) is 0. The third-order valence-electron chi connectivity index (χ3n) is 5.00. The molecule has 0 aromatic carbocycles. The molecular weight excluding hydrogens is 286 g/mol. The molecule has 1 saturated carbocycles. The lowest BCUT2D eigenvalue weighted by Crippen LogP contribution is -2.54. The highest BCUT2D eigenvalue weighted by atomic mass is 32.2. The Kier molecular flexibility index (Phi) is 5.64. The molecule has 6 heteroatoms. The van der Waals surface area contributed by atoms with Crippen molar-refractivity contribution in [2.45, 2.75) is 45.1 Å². The lowest BCUT2D eigenvalue weighted by Gasteiger charge is -2.43. The number of nitrogens with zero attached hydrogens (tertiary/aromatic N) is 3. The predicted octanol–water partition coefficient (Wildman–Crippen LogP) is 1.67. The topological polar surface area (TPSA) is 64.4 Å². The minimum absolute atomic E-state index is 0.114. The minimum Gasteiger partial charge on any atom is -0.296 e. The minimum atomic E-state index is -3.08. The van der Waals surface area contributed by atoms with Crippen LogP contribution in [0.5, 0.6) is 0 Å². The summed E-state index contributed by atoms with van der Waals surface area (Å²) in [4.78, 5) is 2.36. The second-order valence-electron chi connectivity index (χ2n) is 6.47. The van der Waals surface area contributed by atoms with E-state index in [4.69, 9.17) is 0 Å². The number of piperazine rings is 1. The quantitative estimate of drug-likeness (QED) is 0.792. The van der Waals surface area contributed by atoms with E-state index in [1.165, 1.54) is 25.5 Å². The van der Waals surface area contributed by atoms with Gasteiger partial charge in [0.2, 0.25) is 10.0 Å². The average molecular weight is 313 g/mol. The van der Waals surface area contributed by atoms with E-state index in [1.54, 1.807) is 4.31 Å². The van der Waals surface area contributed by atoms with Crippen LogP contribution in [0.2, 0.25) is 0 Å². The van der Waals surface area contributed by atoms with E-state index in [0.29, 0.717) is 19.1 Å². The molecule has 2 rings (SSSR count). The zero-order valence-corrected chi connectivity index (χ0v) is 14.0. The summed E-state index contributed by atoms with van der Waals surface area (Å²) in [5, 5.41) is 9.41. The van der Waals surface area contributed by atoms with Crippen LogP contribution in [0.3, 0.4) is 0 Å². The van der Waals surface area contributed by atoms with Gasteiger partial charge in [-0.25, -0.2) is 8.42 Å². The fourth-order valence-electron chi connectivity index (χ4n) is 3.82. The Balaban J connectivity index is 1.97. The summed E-state index contributed by atoms with van der Waals surface area (Å²) in [6.45, 7) is 4.86. The Hall–Kier alpha value is -0.640. The Labute approximate surface area is 129 Å². The van der Waals surface area contributed by atoms with Crippen molar-refractivity contribution in [2.24, 2.45) is 11.8 Å². The number of hydrogen-bond acceptors (Lipinski definition) is 4. The molecule has 0 bridgehead atoms. The lowest BCUT2D eigenvalue weighted by atomic mass is 9.76. The van der Waals surface area contributed by atoms with E-state index in [0.717, 1.165) is 31.8 Å². The maximum atomic E-state index is 11.6. The molecule has 1 aliphatic heterocycles. The van der Waals surface area contributed by atoms with Crippen LogP contribution in [0.25, 0.3) is 0 Å². The van der Waals surface area contributed by atoms with Crippen LogP contribution >= 0.6 is 0 Å².